The first-order valence-electron chi connectivity index (χ1n) is 6.85. The van der Waals surface area contributed by atoms with Crippen molar-refractivity contribution < 1.29 is 14.6 Å². The summed E-state index contributed by atoms with van der Waals surface area (Å²) in [4.78, 5) is 17.3. The van der Waals surface area contributed by atoms with Gasteiger partial charge in [0.05, 0.1) is 19.4 Å². The number of carboxylic acids is 1. The monoisotopic (exact) mass is 298 g/mol. The van der Waals surface area contributed by atoms with E-state index in [1.165, 1.54) is 0 Å². The van der Waals surface area contributed by atoms with Crippen molar-refractivity contribution in [1.82, 2.24) is 9.97 Å². The van der Waals surface area contributed by atoms with Gasteiger partial charge < -0.3 is 14.8 Å². The number of carbonyl (C=O) groups is 1. The second kappa shape index (κ2) is 7.26. The SMILES string of the molecule is COc1ccc2cc([C@H](C)C(=O)O)ccc2c1.c1c[nH]cn1. The maximum Gasteiger partial charge on any atom is 0.310 e. The summed E-state index contributed by atoms with van der Waals surface area (Å²) in [5, 5.41) is 11.0. The Hall–Kier alpha value is -2.82. The molecular weight excluding hydrogens is 280 g/mol. The van der Waals surface area contributed by atoms with Crippen LogP contribution in [-0.2, 0) is 4.79 Å². The Kier molecular flexibility index (Phi) is 5.14. The molecule has 0 aliphatic carbocycles. The normalized spacial score (nSPS) is 11.4. The van der Waals surface area contributed by atoms with Crippen LogP contribution in [-0.4, -0.2) is 28.2 Å². The van der Waals surface area contributed by atoms with Crippen LogP contribution >= 0.6 is 0 Å². The number of hydrogen-bond donors (Lipinski definition) is 2. The minimum atomic E-state index is -0.808. The molecule has 1 heterocycles. The van der Waals surface area contributed by atoms with E-state index in [-0.39, 0.29) is 0 Å². The summed E-state index contributed by atoms with van der Waals surface area (Å²) < 4.78 is 5.14. The van der Waals surface area contributed by atoms with Crippen LogP contribution in [0, 0.1) is 0 Å². The van der Waals surface area contributed by atoms with Crippen molar-refractivity contribution in [2.45, 2.75) is 12.8 Å². The molecule has 2 N–H and O–H groups in total. The van der Waals surface area contributed by atoms with Crippen LogP contribution in [0.2, 0.25) is 0 Å². The number of aromatic nitrogens is 2. The smallest absolute Gasteiger partial charge is 0.310 e. The van der Waals surface area contributed by atoms with Gasteiger partial charge in [-0.05, 0) is 35.4 Å². The third-order valence-corrected chi connectivity index (χ3v) is 3.35. The second-order valence-corrected chi connectivity index (χ2v) is 4.79. The van der Waals surface area contributed by atoms with Crippen molar-refractivity contribution in [2.75, 3.05) is 7.11 Å². The van der Waals surface area contributed by atoms with Gasteiger partial charge in [0.15, 0.2) is 0 Å². The Labute approximate surface area is 128 Å². The van der Waals surface area contributed by atoms with Gasteiger partial charge in [0, 0.05) is 12.4 Å². The van der Waals surface area contributed by atoms with E-state index in [1.807, 2.05) is 36.4 Å². The third-order valence-electron chi connectivity index (χ3n) is 3.35. The summed E-state index contributed by atoms with van der Waals surface area (Å²) in [7, 11) is 1.63. The van der Waals surface area contributed by atoms with E-state index >= 15 is 0 Å². The fourth-order valence-electron chi connectivity index (χ4n) is 2.00. The zero-order valence-corrected chi connectivity index (χ0v) is 12.5. The third kappa shape index (κ3) is 3.85. The number of imidazole rings is 1. The van der Waals surface area contributed by atoms with Crippen LogP contribution in [0.4, 0.5) is 0 Å². The molecule has 1 aromatic heterocycles. The molecule has 0 aliphatic rings. The summed E-state index contributed by atoms with van der Waals surface area (Å²) in [6.07, 6.45) is 5.08. The second-order valence-electron chi connectivity index (χ2n) is 4.79. The average molecular weight is 298 g/mol. The van der Waals surface area contributed by atoms with Gasteiger partial charge in [-0.2, -0.15) is 0 Å². The van der Waals surface area contributed by atoms with Gasteiger partial charge in [-0.1, -0.05) is 24.3 Å². The molecule has 3 rings (SSSR count). The van der Waals surface area contributed by atoms with E-state index in [0.29, 0.717) is 0 Å². The Morgan fingerprint density at radius 2 is 1.95 bits per heavy atom. The summed E-state index contributed by atoms with van der Waals surface area (Å²) in [5.74, 6) is -0.490. The molecule has 0 amide bonds. The van der Waals surface area contributed by atoms with Crippen LogP contribution in [0.3, 0.4) is 0 Å². The molecule has 0 spiro atoms. The van der Waals surface area contributed by atoms with Crippen LogP contribution in [0.15, 0.2) is 55.1 Å². The van der Waals surface area contributed by atoms with Gasteiger partial charge >= 0.3 is 5.97 Å². The van der Waals surface area contributed by atoms with Crippen molar-refractivity contribution >= 4 is 16.7 Å². The largest absolute Gasteiger partial charge is 0.497 e. The Balaban J connectivity index is 0.000000299. The summed E-state index contributed by atoms with van der Waals surface area (Å²) in [6, 6.07) is 11.4. The molecule has 0 radical (unpaired) electrons. The highest BCUT2D eigenvalue weighted by atomic mass is 16.5. The quantitative estimate of drug-likeness (QED) is 0.776. The van der Waals surface area contributed by atoms with Crippen molar-refractivity contribution in [3.63, 3.8) is 0 Å². The molecule has 0 fully saturated rings. The van der Waals surface area contributed by atoms with E-state index in [4.69, 9.17) is 9.84 Å². The predicted molar refractivity (Wildman–Crippen MR) is 85.1 cm³/mol. The number of H-pyrrole nitrogens is 1. The fourth-order valence-corrected chi connectivity index (χ4v) is 2.00. The highest BCUT2D eigenvalue weighted by Gasteiger charge is 2.13. The Bertz CT molecular complexity index is 722. The van der Waals surface area contributed by atoms with E-state index in [9.17, 15) is 4.79 Å². The van der Waals surface area contributed by atoms with Crippen LogP contribution < -0.4 is 4.74 Å². The summed E-state index contributed by atoms with van der Waals surface area (Å²) in [6.45, 7) is 1.69. The lowest BCUT2D eigenvalue weighted by Gasteiger charge is -2.08. The number of aliphatic carboxylic acids is 1. The highest BCUT2D eigenvalue weighted by Crippen LogP contribution is 2.25. The molecule has 0 saturated carbocycles. The molecular formula is C17H18N2O3. The standard InChI is InChI=1S/C14H14O3.C3H4N2/c1-9(14(15)16)10-3-4-12-8-13(17-2)6-5-11(12)7-10;1-2-5-3-4-1/h3-9H,1-2H3,(H,15,16);1-3H,(H,4,5)/t9-;/m0./s1. The van der Waals surface area contributed by atoms with Gasteiger partial charge in [0.2, 0.25) is 0 Å². The molecule has 5 nitrogen and oxygen atoms in total. The maximum absolute atomic E-state index is 10.9. The van der Waals surface area contributed by atoms with Crippen molar-refractivity contribution in [2.24, 2.45) is 0 Å². The maximum atomic E-state index is 10.9. The van der Waals surface area contributed by atoms with Crippen LogP contribution in [0.1, 0.15) is 18.4 Å². The highest BCUT2D eigenvalue weighted by molar-refractivity contribution is 5.86. The number of ether oxygens (including phenoxy) is 1. The topological polar surface area (TPSA) is 75.2 Å². The Morgan fingerprint density at radius 1 is 1.23 bits per heavy atom. The molecule has 22 heavy (non-hydrogen) atoms. The lowest BCUT2D eigenvalue weighted by atomic mass is 9.98. The zero-order chi connectivity index (χ0) is 15.9. The van der Waals surface area contributed by atoms with Gasteiger partial charge in [-0.3, -0.25) is 4.79 Å². The lowest BCUT2D eigenvalue weighted by molar-refractivity contribution is -0.138. The number of aromatic amines is 1. The number of nitrogens with one attached hydrogen (secondary N) is 1. The minimum Gasteiger partial charge on any atom is -0.497 e. The average Bonchev–Trinajstić information content (AvgIpc) is 3.12. The first-order chi connectivity index (χ1) is 10.6. The van der Waals surface area contributed by atoms with Crippen LogP contribution in [0.25, 0.3) is 10.8 Å². The number of benzene rings is 2. The van der Waals surface area contributed by atoms with Crippen molar-refractivity contribution in [3.8, 4) is 5.75 Å². The molecule has 0 aliphatic heterocycles. The van der Waals surface area contributed by atoms with E-state index in [2.05, 4.69) is 9.97 Å². The number of carboxylic acid groups (broad SMARTS) is 1. The molecule has 0 unspecified atom stereocenters. The fraction of sp³-hybridized carbons (Fsp3) is 0.176. The molecule has 1 atom stereocenters. The van der Waals surface area contributed by atoms with Gasteiger partial charge in [-0.25, -0.2) is 4.98 Å². The summed E-state index contributed by atoms with van der Waals surface area (Å²) >= 11 is 0. The lowest BCUT2D eigenvalue weighted by Crippen LogP contribution is -2.06. The summed E-state index contributed by atoms with van der Waals surface area (Å²) in [5.41, 5.74) is 0.815. The molecule has 5 heteroatoms. The predicted octanol–water partition coefficient (Wildman–Crippen LogP) is 3.45. The van der Waals surface area contributed by atoms with Crippen molar-refractivity contribution in [1.29, 1.82) is 0 Å². The molecule has 114 valence electrons. The van der Waals surface area contributed by atoms with Gasteiger partial charge in [0.1, 0.15) is 5.75 Å². The number of hydrogen-bond acceptors (Lipinski definition) is 3. The number of methoxy groups -OCH3 is 1. The number of nitrogens with zero attached hydrogens (tertiary/aromatic N) is 1. The van der Waals surface area contributed by atoms with E-state index < -0.39 is 11.9 Å². The van der Waals surface area contributed by atoms with Crippen LogP contribution in [0.5, 0.6) is 5.75 Å². The first-order valence-corrected chi connectivity index (χ1v) is 6.85. The van der Waals surface area contributed by atoms with E-state index in [0.717, 1.165) is 22.1 Å². The molecule has 2 aromatic carbocycles. The Morgan fingerprint density at radius 3 is 2.50 bits per heavy atom. The van der Waals surface area contributed by atoms with Crippen molar-refractivity contribution in [3.05, 3.63) is 60.7 Å². The van der Waals surface area contributed by atoms with Gasteiger partial charge in [0.25, 0.3) is 0 Å². The molecule has 0 bridgehead atoms. The number of fused-ring (bicyclic) bond motifs is 1. The zero-order valence-electron chi connectivity index (χ0n) is 12.5. The number of rotatable bonds is 3. The first kappa shape index (κ1) is 15.6. The minimum absolute atomic E-state index is 0.485. The van der Waals surface area contributed by atoms with Gasteiger partial charge in [-0.15, -0.1) is 0 Å². The molecule has 0 saturated heterocycles. The molecule has 3 aromatic rings. The van der Waals surface area contributed by atoms with E-state index in [1.54, 1.807) is 32.8 Å².